The predicted molar refractivity (Wildman–Crippen MR) is 93.9 cm³/mol. The number of likely N-dealkylation sites (tertiary alicyclic amines) is 1. The van der Waals surface area contributed by atoms with Crippen LogP contribution in [0.3, 0.4) is 0 Å². The lowest BCUT2D eigenvalue weighted by molar-refractivity contribution is -0.134. The molecular formula is C18H26N2O3S. The number of piperidine rings is 1. The molecule has 1 saturated carbocycles. The number of benzene rings is 1. The first kappa shape index (κ1) is 17.4. The molecule has 6 heteroatoms. The second-order valence-corrected chi connectivity index (χ2v) is 8.79. The van der Waals surface area contributed by atoms with Gasteiger partial charge in [-0.15, -0.1) is 0 Å². The molecule has 5 nitrogen and oxygen atoms in total. The molecule has 1 aromatic rings. The van der Waals surface area contributed by atoms with E-state index < -0.39 is 16.1 Å². The zero-order valence-electron chi connectivity index (χ0n) is 14.0. The first-order valence-electron chi connectivity index (χ1n) is 8.93. The molecule has 1 N–H and O–H groups in total. The van der Waals surface area contributed by atoms with Crippen LogP contribution >= 0.6 is 0 Å². The van der Waals surface area contributed by atoms with Crippen LogP contribution in [-0.2, 0) is 14.8 Å². The summed E-state index contributed by atoms with van der Waals surface area (Å²) >= 11 is 0. The quantitative estimate of drug-likeness (QED) is 0.888. The number of carbonyl (C=O) groups excluding carboxylic acids is 1. The lowest BCUT2D eigenvalue weighted by Gasteiger charge is -2.31. The van der Waals surface area contributed by atoms with Gasteiger partial charge in [-0.3, -0.25) is 4.79 Å². The fourth-order valence-electron chi connectivity index (χ4n) is 3.66. The molecule has 3 rings (SSSR count). The minimum atomic E-state index is -3.49. The topological polar surface area (TPSA) is 66.5 Å². The molecule has 2 aliphatic rings. The molecule has 1 aliphatic carbocycles. The Morgan fingerprint density at radius 3 is 2.25 bits per heavy atom. The second-order valence-electron chi connectivity index (χ2n) is 6.80. The van der Waals surface area contributed by atoms with Gasteiger partial charge in [0.1, 0.15) is 6.04 Å². The number of amides is 1. The lowest BCUT2D eigenvalue weighted by atomic mass is 10.0. The first-order chi connectivity index (χ1) is 11.6. The molecule has 132 valence electrons. The maximum absolute atomic E-state index is 13.0. The van der Waals surface area contributed by atoms with Gasteiger partial charge in [-0.25, -0.2) is 8.42 Å². The van der Waals surface area contributed by atoms with Crippen molar-refractivity contribution in [1.82, 2.24) is 9.62 Å². The summed E-state index contributed by atoms with van der Waals surface area (Å²) in [5.41, 5.74) is 0.717. The molecule has 0 aromatic heterocycles. The molecule has 0 radical (unpaired) electrons. The van der Waals surface area contributed by atoms with Crippen LogP contribution in [0.2, 0.25) is 0 Å². The minimum Gasteiger partial charge on any atom is -0.341 e. The van der Waals surface area contributed by atoms with Crippen LogP contribution in [-0.4, -0.2) is 37.6 Å². The molecule has 1 aliphatic heterocycles. The van der Waals surface area contributed by atoms with Gasteiger partial charge in [0.15, 0.2) is 0 Å². The van der Waals surface area contributed by atoms with E-state index in [-0.39, 0.29) is 11.2 Å². The van der Waals surface area contributed by atoms with Crippen LogP contribution in [0, 0.1) is 0 Å². The molecule has 0 unspecified atom stereocenters. The van der Waals surface area contributed by atoms with E-state index in [1.54, 1.807) is 4.90 Å². The Hall–Kier alpha value is -1.40. The summed E-state index contributed by atoms with van der Waals surface area (Å²) < 4.78 is 28.2. The molecule has 1 aromatic carbocycles. The molecule has 1 heterocycles. The molecule has 1 amide bonds. The highest BCUT2D eigenvalue weighted by atomic mass is 32.2. The van der Waals surface area contributed by atoms with Crippen LogP contribution in [0.25, 0.3) is 0 Å². The third-order valence-electron chi connectivity index (χ3n) is 5.07. The first-order valence-corrected chi connectivity index (χ1v) is 10.5. The molecule has 2 fully saturated rings. The number of sulfonamides is 1. The van der Waals surface area contributed by atoms with Crippen molar-refractivity contribution < 1.29 is 13.2 Å². The Balaban J connectivity index is 1.83. The van der Waals surface area contributed by atoms with Gasteiger partial charge in [0, 0.05) is 13.1 Å². The maximum Gasteiger partial charge on any atom is 0.245 e. The summed E-state index contributed by atoms with van der Waals surface area (Å²) in [6.07, 6.45) is 6.38. The van der Waals surface area contributed by atoms with Gasteiger partial charge in [-0.1, -0.05) is 43.2 Å². The molecule has 0 bridgehead atoms. The van der Waals surface area contributed by atoms with Crippen molar-refractivity contribution in [2.24, 2.45) is 0 Å². The second kappa shape index (κ2) is 7.66. The SMILES string of the molecule is O=C([C@@H](NS(=O)(=O)C1CCCC1)c1ccccc1)N1CCCCC1. The van der Waals surface area contributed by atoms with Gasteiger partial charge in [-0.05, 0) is 37.7 Å². The van der Waals surface area contributed by atoms with Gasteiger partial charge < -0.3 is 4.90 Å². The number of hydrogen-bond acceptors (Lipinski definition) is 3. The smallest absolute Gasteiger partial charge is 0.245 e. The number of hydrogen-bond donors (Lipinski definition) is 1. The maximum atomic E-state index is 13.0. The van der Waals surface area contributed by atoms with Crippen molar-refractivity contribution >= 4 is 15.9 Å². The third-order valence-corrected chi connectivity index (χ3v) is 6.98. The third kappa shape index (κ3) is 3.98. The molecule has 0 spiro atoms. The summed E-state index contributed by atoms with van der Waals surface area (Å²) in [5, 5.41) is -0.363. The van der Waals surface area contributed by atoms with Crippen molar-refractivity contribution in [2.75, 3.05) is 13.1 Å². The molecule has 1 saturated heterocycles. The Labute approximate surface area is 144 Å². The average Bonchev–Trinajstić information content (AvgIpc) is 3.16. The summed E-state index contributed by atoms with van der Waals surface area (Å²) in [6, 6.07) is 8.39. The van der Waals surface area contributed by atoms with E-state index in [1.807, 2.05) is 30.3 Å². The Morgan fingerprint density at radius 2 is 1.62 bits per heavy atom. The monoisotopic (exact) mass is 350 g/mol. The highest BCUT2D eigenvalue weighted by molar-refractivity contribution is 7.90. The van der Waals surface area contributed by atoms with Crippen LogP contribution in [0.1, 0.15) is 56.6 Å². The van der Waals surface area contributed by atoms with Gasteiger partial charge in [-0.2, -0.15) is 4.72 Å². The Bertz CT molecular complexity index is 648. The number of rotatable bonds is 5. The van der Waals surface area contributed by atoms with Crippen LogP contribution < -0.4 is 4.72 Å². The minimum absolute atomic E-state index is 0.123. The van der Waals surface area contributed by atoms with E-state index in [4.69, 9.17) is 0 Å². The van der Waals surface area contributed by atoms with Gasteiger partial charge in [0.05, 0.1) is 5.25 Å². The van der Waals surface area contributed by atoms with Gasteiger partial charge >= 0.3 is 0 Å². The van der Waals surface area contributed by atoms with Crippen molar-refractivity contribution in [1.29, 1.82) is 0 Å². The van der Waals surface area contributed by atoms with E-state index in [9.17, 15) is 13.2 Å². The fraction of sp³-hybridized carbons (Fsp3) is 0.611. The normalized spacial score (nSPS) is 20.9. The zero-order chi connectivity index (χ0) is 17.0. The fourth-order valence-corrected chi connectivity index (χ4v) is 5.37. The number of carbonyl (C=O) groups is 1. The van der Waals surface area contributed by atoms with Gasteiger partial charge in [0.2, 0.25) is 15.9 Å². The predicted octanol–water partition coefficient (Wildman–Crippen LogP) is 2.60. The summed E-state index contributed by atoms with van der Waals surface area (Å²) in [4.78, 5) is 14.8. The zero-order valence-corrected chi connectivity index (χ0v) is 14.8. The Kier molecular flexibility index (Phi) is 5.56. The average molecular weight is 350 g/mol. The largest absolute Gasteiger partial charge is 0.341 e. The van der Waals surface area contributed by atoms with E-state index in [2.05, 4.69) is 4.72 Å². The highest BCUT2D eigenvalue weighted by Crippen LogP contribution is 2.27. The number of nitrogens with zero attached hydrogens (tertiary/aromatic N) is 1. The van der Waals surface area contributed by atoms with E-state index in [0.717, 1.165) is 37.7 Å². The van der Waals surface area contributed by atoms with Crippen molar-refractivity contribution in [3.63, 3.8) is 0 Å². The van der Waals surface area contributed by atoms with E-state index in [0.29, 0.717) is 25.9 Å². The molecule has 1 atom stereocenters. The molecule has 24 heavy (non-hydrogen) atoms. The summed E-state index contributed by atoms with van der Waals surface area (Å²) in [6.45, 7) is 1.43. The van der Waals surface area contributed by atoms with Crippen LogP contribution in [0.15, 0.2) is 30.3 Å². The highest BCUT2D eigenvalue weighted by Gasteiger charge is 2.35. The summed E-state index contributed by atoms with van der Waals surface area (Å²) in [7, 11) is -3.49. The Morgan fingerprint density at radius 1 is 1.00 bits per heavy atom. The van der Waals surface area contributed by atoms with Crippen molar-refractivity contribution in [2.45, 2.75) is 56.2 Å². The summed E-state index contributed by atoms with van der Waals surface area (Å²) in [5.74, 6) is -0.123. The van der Waals surface area contributed by atoms with Crippen molar-refractivity contribution in [3.8, 4) is 0 Å². The van der Waals surface area contributed by atoms with E-state index >= 15 is 0 Å². The van der Waals surface area contributed by atoms with Crippen molar-refractivity contribution in [3.05, 3.63) is 35.9 Å². The van der Waals surface area contributed by atoms with Crippen LogP contribution in [0.5, 0.6) is 0 Å². The van der Waals surface area contributed by atoms with Gasteiger partial charge in [0.25, 0.3) is 0 Å². The van der Waals surface area contributed by atoms with Crippen LogP contribution in [0.4, 0.5) is 0 Å². The molecular weight excluding hydrogens is 324 g/mol. The lowest BCUT2D eigenvalue weighted by Crippen LogP contribution is -2.46. The number of nitrogens with one attached hydrogen (secondary N) is 1. The van der Waals surface area contributed by atoms with E-state index in [1.165, 1.54) is 0 Å². The standard InChI is InChI=1S/C18H26N2O3S/c21-18(20-13-7-2-8-14-20)17(15-9-3-1-4-10-15)19-24(22,23)16-11-5-6-12-16/h1,3-4,9-10,16-17,19H,2,5-8,11-14H2/t17-/m0/s1.